The molecule has 1 fully saturated rings. The fourth-order valence-electron chi connectivity index (χ4n) is 1.75. The summed E-state index contributed by atoms with van der Waals surface area (Å²) in [4.78, 5) is 0. The van der Waals surface area contributed by atoms with Crippen molar-refractivity contribution in [3.05, 3.63) is 35.9 Å². The number of thioether (sulfide) groups is 1. The van der Waals surface area contributed by atoms with Gasteiger partial charge in [-0.2, -0.15) is 11.8 Å². The Labute approximate surface area is 83.7 Å². The van der Waals surface area contributed by atoms with Crippen LogP contribution < -0.4 is 5.73 Å². The fraction of sp³-hybridized carbons (Fsp3) is 0.455. The number of hydrogen-bond donors (Lipinski definition) is 1. The molecule has 2 heteroatoms. The summed E-state index contributed by atoms with van der Waals surface area (Å²) in [5.41, 5.74) is 7.30. The van der Waals surface area contributed by atoms with Gasteiger partial charge in [0.05, 0.1) is 0 Å². The molecule has 1 aliphatic heterocycles. The number of benzene rings is 1. The lowest BCUT2D eigenvalue weighted by Gasteiger charge is -2.07. The first-order chi connectivity index (χ1) is 6.34. The van der Waals surface area contributed by atoms with Gasteiger partial charge in [0.25, 0.3) is 0 Å². The molecule has 13 heavy (non-hydrogen) atoms. The molecule has 0 bridgehead atoms. The van der Waals surface area contributed by atoms with Gasteiger partial charge in [-0.3, -0.25) is 0 Å². The van der Waals surface area contributed by atoms with E-state index in [1.807, 2.05) is 11.8 Å². The van der Waals surface area contributed by atoms with Crippen molar-refractivity contribution in [3.8, 4) is 0 Å². The predicted molar refractivity (Wildman–Crippen MR) is 59.0 cm³/mol. The molecule has 1 nitrogen and oxygen atoms in total. The van der Waals surface area contributed by atoms with Crippen LogP contribution in [-0.4, -0.2) is 17.0 Å². The summed E-state index contributed by atoms with van der Waals surface area (Å²) in [7, 11) is 0. The van der Waals surface area contributed by atoms with Crippen molar-refractivity contribution >= 4 is 11.8 Å². The molecule has 0 spiro atoms. The van der Waals surface area contributed by atoms with E-state index in [1.165, 1.54) is 18.4 Å². The van der Waals surface area contributed by atoms with E-state index in [0.717, 1.165) is 11.0 Å². The molecule has 2 unspecified atom stereocenters. The molecule has 0 amide bonds. The van der Waals surface area contributed by atoms with Crippen molar-refractivity contribution < 1.29 is 0 Å². The minimum Gasteiger partial charge on any atom is -0.327 e. The molecule has 2 rings (SSSR count). The first kappa shape index (κ1) is 9.10. The summed E-state index contributed by atoms with van der Waals surface area (Å²) in [5.74, 6) is 1.14. The maximum Gasteiger partial charge on any atom is 0.0141 e. The standard InChI is InChI=1S/C11H15NS/c12-10-7-11(13-8-10)6-9-4-2-1-3-5-9/h1-5,10-11H,6-8,12H2. The Balaban J connectivity index is 1.92. The van der Waals surface area contributed by atoms with Crippen LogP contribution in [0.4, 0.5) is 0 Å². The molecule has 1 aromatic carbocycles. The van der Waals surface area contributed by atoms with E-state index < -0.39 is 0 Å². The first-order valence-corrected chi connectivity index (χ1v) is 5.80. The second-order valence-corrected chi connectivity index (χ2v) is 4.97. The molecule has 0 saturated carbocycles. The van der Waals surface area contributed by atoms with Crippen molar-refractivity contribution in [2.24, 2.45) is 5.73 Å². The molecule has 2 atom stereocenters. The van der Waals surface area contributed by atoms with Crippen LogP contribution in [0, 0.1) is 0 Å². The molecule has 1 aromatic rings. The van der Waals surface area contributed by atoms with E-state index >= 15 is 0 Å². The van der Waals surface area contributed by atoms with Crippen molar-refractivity contribution in [1.29, 1.82) is 0 Å². The van der Waals surface area contributed by atoms with Crippen molar-refractivity contribution in [1.82, 2.24) is 0 Å². The van der Waals surface area contributed by atoms with Crippen molar-refractivity contribution in [3.63, 3.8) is 0 Å². The number of hydrogen-bond acceptors (Lipinski definition) is 2. The first-order valence-electron chi connectivity index (χ1n) is 4.75. The maximum atomic E-state index is 5.86. The molecule has 70 valence electrons. The smallest absolute Gasteiger partial charge is 0.0141 e. The maximum absolute atomic E-state index is 5.86. The third kappa shape index (κ3) is 2.48. The van der Waals surface area contributed by atoms with E-state index in [4.69, 9.17) is 5.73 Å². The number of nitrogens with two attached hydrogens (primary N) is 1. The highest BCUT2D eigenvalue weighted by Gasteiger charge is 2.21. The predicted octanol–water partition coefficient (Wildman–Crippen LogP) is 2.06. The average molecular weight is 193 g/mol. The van der Waals surface area contributed by atoms with Gasteiger partial charge in [-0.25, -0.2) is 0 Å². The molecule has 2 N–H and O–H groups in total. The monoisotopic (exact) mass is 193 g/mol. The zero-order chi connectivity index (χ0) is 9.10. The minimum atomic E-state index is 0.429. The van der Waals surface area contributed by atoms with Crippen LogP contribution in [0.2, 0.25) is 0 Å². The molecule has 1 heterocycles. The summed E-state index contributed by atoms with van der Waals surface area (Å²) < 4.78 is 0. The van der Waals surface area contributed by atoms with E-state index in [1.54, 1.807) is 0 Å². The summed E-state index contributed by atoms with van der Waals surface area (Å²) in [6.07, 6.45) is 2.36. The molecule has 0 radical (unpaired) electrons. The zero-order valence-electron chi connectivity index (χ0n) is 7.65. The normalized spacial score (nSPS) is 27.8. The average Bonchev–Trinajstić information content (AvgIpc) is 2.53. The summed E-state index contributed by atoms with van der Waals surface area (Å²) in [6.45, 7) is 0. The summed E-state index contributed by atoms with van der Waals surface area (Å²) >= 11 is 2.02. The minimum absolute atomic E-state index is 0.429. The van der Waals surface area contributed by atoms with E-state index in [2.05, 4.69) is 30.3 Å². The highest BCUT2D eigenvalue weighted by Crippen LogP contribution is 2.28. The van der Waals surface area contributed by atoms with Crippen LogP contribution in [-0.2, 0) is 6.42 Å². The third-order valence-corrected chi connectivity index (χ3v) is 3.87. The molecular weight excluding hydrogens is 178 g/mol. The van der Waals surface area contributed by atoms with Crippen molar-refractivity contribution in [2.45, 2.75) is 24.1 Å². The Bertz CT molecular complexity index is 260. The Kier molecular flexibility index (Phi) is 2.91. The second kappa shape index (κ2) is 4.16. The van der Waals surface area contributed by atoms with E-state index in [0.29, 0.717) is 6.04 Å². The Hall–Kier alpha value is -0.470. The SMILES string of the molecule is NC1CSC(Cc2ccccc2)C1. The molecule has 1 saturated heterocycles. The van der Waals surface area contributed by atoms with Gasteiger partial charge < -0.3 is 5.73 Å². The molecule has 0 aromatic heterocycles. The van der Waals surface area contributed by atoms with Crippen LogP contribution >= 0.6 is 11.8 Å². The van der Waals surface area contributed by atoms with Gasteiger partial charge in [0, 0.05) is 17.0 Å². The Morgan fingerprint density at radius 2 is 2.08 bits per heavy atom. The van der Waals surface area contributed by atoms with Gasteiger partial charge >= 0.3 is 0 Å². The summed E-state index contributed by atoms with van der Waals surface area (Å²) in [6, 6.07) is 11.1. The number of rotatable bonds is 2. The highest BCUT2D eigenvalue weighted by molar-refractivity contribution is 8.00. The van der Waals surface area contributed by atoms with Gasteiger partial charge in [0.2, 0.25) is 0 Å². The highest BCUT2D eigenvalue weighted by atomic mass is 32.2. The Morgan fingerprint density at radius 1 is 1.31 bits per heavy atom. The van der Waals surface area contributed by atoms with E-state index in [-0.39, 0.29) is 0 Å². The van der Waals surface area contributed by atoms with Gasteiger partial charge in [-0.1, -0.05) is 30.3 Å². The lowest BCUT2D eigenvalue weighted by Crippen LogP contribution is -2.19. The van der Waals surface area contributed by atoms with Crippen LogP contribution in [0.5, 0.6) is 0 Å². The Morgan fingerprint density at radius 3 is 2.69 bits per heavy atom. The van der Waals surface area contributed by atoms with Crippen LogP contribution in [0.3, 0.4) is 0 Å². The fourth-order valence-corrected chi connectivity index (χ4v) is 3.10. The largest absolute Gasteiger partial charge is 0.327 e. The van der Waals surface area contributed by atoms with Crippen LogP contribution in [0.25, 0.3) is 0 Å². The topological polar surface area (TPSA) is 26.0 Å². The van der Waals surface area contributed by atoms with E-state index in [9.17, 15) is 0 Å². The third-order valence-electron chi connectivity index (χ3n) is 2.42. The second-order valence-electron chi connectivity index (χ2n) is 3.64. The molecule has 1 aliphatic rings. The lowest BCUT2D eigenvalue weighted by molar-refractivity contribution is 0.677. The van der Waals surface area contributed by atoms with Gasteiger partial charge in [-0.05, 0) is 18.4 Å². The van der Waals surface area contributed by atoms with Gasteiger partial charge in [-0.15, -0.1) is 0 Å². The van der Waals surface area contributed by atoms with Gasteiger partial charge in [0.15, 0.2) is 0 Å². The van der Waals surface area contributed by atoms with Gasteiger partial charge in [0.1, 0.15) is 0 Å². The van der Waals surface area contributed by atoms with Crippen molar-refractivity contribution in [2.75, 3.05) is 5.75 Å². The quantitative estimate of drug-likeness (QED) is 0.778. The molecular formula is C11H15NS. The van der Waals surface area contributed by atoms with Crippen LogP contribution in [0.15, 0.2) is 30.3 Å². The van der Waals surface area contributed by atoms with Crippen LogP contribution in [0.1, 0.15) is 12.0 Å². The summed E-state index contributed by atoms with van der Waals surface area (Å²) in [5, 5.41) is 0.748. The lowest BCUT2D eigenvalue weighted by atomic mass is 10.1. The molecule has 0 aliphatic carbocycles. The zero-order valence-corrected chi connectivity index (χ0v) is 8.46.